The summed E-state index contributed by atoms with van der Waals surface area (Å²) in [4.78, 5) is 0. The van der Waals surface area contributed by atoms with Gasteiger partial charge >= 0.3 is 0 Å². The fourth-order valence-electron chi connectivity index (χ4n) is 2.48. The number of aromatic nitrogens is 2. The zero-order chi connectivity index (χ0) is 13.4. The summed E-state index contributed by atoms with van der Waals surface area (Å²) in [6.45, 7) is 1.99. The van der Waals surface area contributed by atoms with Crippen LogP contribution < -0.4 is 11.3 Å². The number of nitrogens with one attached hydrogen (secondary N) is 1. The van der Waals surface area contributed by atoms with E-state index in [0.717, 1.165) is 11.4 Å². The van der Waals surface area contributed by atoms with E-state index in [0.29, 0.717) is 0 Å². The van der Waals surface area contributed by atoms with Gasteiger partial charge in [0.25, 0.3) is 0 Å². The molecule has 2 aromatic heterocycles. The fourth-order valence-corrected chi connectivity index (χ4v) is 3.42. The topological polar surface area (TPSA) is 55.9 Å². The highest BCUT2D eigenvalue weighted by Gasteiger charge is 2.19. The summed E-state index contributed by atoms with van der Waals surface area (Å²) in [7, 11) is 1.95. The molecule has 1 atom stereocenters. The van der Waals surface area contributed by atoms with E-state index in [1.807, 2.05) is 18.7 Å². The third-order valence-corrected chi connectivity index (χ3v) is 4.30. The molecule has 0 aliphatic rings. The smallest absolute Gasteiger partial charge is 0.0892 e. The Labute approximate surface area is 115 Å². The molecule has 0 fully saturated rings. The van der Waals surface area contributed by atoms with E-state index in [1.54, 1.807) is 11.3 Å². The maximum atomic E-state index is 5.79. The third-order valence-electron chi connectivity index (χ3n) is 3.32. The molecular weight excluding hydrogens is 256 g/mol. The van der Waals surface area contributed by atoms with E-state index in [1.165, 1.54) is 15.6 Å². The van der Waals surface area contributed by atoms with Crippen molar-refractivity contribution in [3.8, 4) is 0 Å². The molecule has 1 aromatic carbocycles. The molecule has 0 bridgehead atoms. The molecule has 0 radical (unpaired) electrons. The fraction of sp³-hybridized carbons (Fsp3) is 0.214. The highest BCUT2D eigenvalue weighted by molar-refractivity contribution is 7.17. The number of fused-ring (bicyclic) bond motifs is 1. The van der Waals surface area contributed by atoms with E-state index in [4.69, 9.17) is 5.84 Å². The van der Waals surface area contributed by atoms with Gasteiger partial charge in [-0.3, -0.25) is 10.5 Å². The van der Waals surface area contributed by atoms with Crippen molar-refractivity contribution in [1.82, 2.24) is 15.2 Å². The third kappa shape index (κ3) is 2.06. The van der Waals surface area contributed by atoms with Crippen LogP contribution in [0.2, 0.25) is 0 Å². The first kappa shape index (κ1) is 12.3. The SMILES string of the molecule is Cc1cc(C(NN)c2cccc3ccsc23)n(C)n1. The Morgan fingerprint density at radius 2 is 2.21 bits per heavy atom. The largest absolute Gasteiger partial charge is 0.271 e. The molecule has 0 aliphatic carbocycles. The van der Waals surface area contributed by atoms with Gasteiger partial charge in [0.15, 0.2) is 0 Å². The summed E-state index contributed by atoms with van der Waals surface area (Å²) >= 11 is 1.74. The molecule has 0 saturated heterocycles. The quantitative estimate of drug-likeness (QED) is 0.569. The van der Waals surface area contributed by atoms with Crippen molar-refractivity contribution >= 4 is 21.4 Å². The Morgan fingerprint density at radius 3 is 2.89 bits per heavy atom. The van der Waals surface area contributed by atoms with Crippen LogP contribution in [0.15, 0.2) is 35.7 Å². The Kier molecular flexibility index (Phi) is 3.10. The Bertz CT molecular complexity index is 713. The van der Waals surface area contributed by atoms with Crippen molar-refractivity contribution in [2.45, 2.75) is 13.0 Å². The average Bonchev–Trinajstić information content (AvgIpc) is 2.98. The second-order valence-corrected chi connectivity index (χ2v) is 5.54. The average molecular weight is 272 g/mol. The predicted octanol–water partition coefficient (Wildman–Crippen LogP) is 2.50. The molecule has 3 aromatic rings. The highest BCUT2D eigenvalue weighted by Crippen LogP contribution is 2.31. The predicted molar refractivity (Wildman–Crippen MR) is 78.9 cm³/mol. The van der Waals surface area contributed by atoms with Gasteiger partial charge in [-0.05, 0) is 35.4 Å². The molecule has 0 spiro atoms. The van der Waals surface area contributed by atoms with Crippen molar-refractivity contribution in [3.63, 3.8) is 0 Å². The number of hydrazine groups is 1. The summed E-state index contributed by atoms with van der Waals surface area (Å²) in [6, 6.07) is 10.5. The number of benzene rings is 1. The molecule has 5 heteroatoms. The Hall–Kier alpha value is -1.69. The molecule has 1 unspecified atom stereocenters. The molecule has 0 saturated carbocycles. The maximum absolute atomic E-state index is 5.79. The number of nitrogens with zero attached hydrogens (tertiary/aromatic N) is 2. The minimum atomic E-state index is -0.0476. The maximum Gasteiger partial charge on any atom is 0.0892 e. The first-order valence-corrected chi connectivity index (χ1v) is 7.01. The van der Waals surface area contributed by atoms with Gasteiger partial charge in [0.2, 0.25) is 0 Å². The standard InChI is InChI=1S/C14H16N4S/c1-9-8-12(18(2)17-9)13(16-15)11-5-3-4-10-6-7-19-14(10)11/h3-8,13,16H,15H2,1-2H3. The van der Waals surface area contributed by atoms with Crippen molar-refractivity contribution in [3.05, 3.63) is 52.7 Å². The van der Waals surface area contributed by atoms with Crippen molar-refractivity contribution in [2.24, 2.45) is 12.9 Å². The van der Waals surface area contributed by atoms with E-state index in [9.17, 15) is 0 Å². The minimum Gasteiger partial charge on any atom is -0.271 e. The van der Waals surface area contributed by atoms with Crippen molar-refractivity contribution < 1.29 is 0 Å². The molecule has 3 N–H and O–H groups in total. The van der Waals surface area contributed by atoms with Gasteiger partial charge in [0.1, 0.15) is 0 Å². The van der Waals surface area contributed by atoms with Crippen LogP contribution in [0, 0.1) is 6.92 Å². The van der Waals surface area contributed by atoms with Crippen LogP contribution in [0.3, 0.4) is 0 Å². The lowest BCUT2D eigenvalue weighted by Crippen LogP contribution is -2.30. The summed E-state index contributed by atoms with van der Waals surface area (Å²) in [5, 5.41) is 7.76. The first-order valence-electron chi connectivity index (χ1n) is 6.13. The van der Waals surface area contributed by atoms with Crippen LogP contribution in [0.5, 0.6) is 0 Å². The molecule has 0 amide bonds. The molecule has 2 heterocycles. The van der Waals surface area contributed by atoms with Crippen molar-refractivity contribution in [1.29, 1.82) is 0 Å². The van der Waals surface area contributed by atoms with E-state index < -0.39 is 0 Å². The van der Waals surface area contributed by atoms with E-state index in [-0.39, 0.29) is 6.04 Å². The van der Waals surface area contributed by atoms with Gasteiger partial charge in [0.05, 0.1) is 17.4 Å². The zero-order valence-corrected chi connectivity index (χ0v) is 11.7. The van der Waals surface area contributed by atoms with Crippen LogP contribution in [-0.4, -0.2) is 9.78 Å². The summed E-state index contributed by atoms with van der Waals surface area (Å²) in [5.41, 5.74) is 6.18. The van der Waals surface area contributed by atoms with Crippen LogP contribution in [0.1, 0.15) is 23.0 Å². The summed E-state index contributed by atoms with van der Waals surface area (Å²) < 4.78 is 3.15. The van der Waals surface area contributed by atoms with E-state index in [2.05, 4.69) is 46.2 Å². The van der Waals surface area contributed by atoms with E-state index >= 15 is 0 Å². The van der Waals surface area contributed by atoms with Crippen LogP contribution in [0.25, 0.3) is 10.1 Å². The summed E-state index contributed by atoms with van der Waals surface area (Å²) in [6.07, 6.45) is 0. The van der Waals surface area contributed by atoms with Gasteiger partial charge in [-0.2, -0.15) is 5.10 Å². The van der Waals surface area contributed by atoms with Gasteiger partial charge < -0.3 is 0 Å². The van der Waals surface area contributed by atoms with Gasteiger partial charge in [-0.1, -0.05) is 18.2 Å². The Balaban J connectivity index is 2.17. The zero-order valence-electron chi connectivity index (χ0n) is 10.9. The number of hydrogen-bond donors (Lipinski definition) is 2. The number of aryl methyl sites for hydroxylation is 2. The normalized spacial score (nSPS) is 13.0. The molecule has 4 nitrogen and oxygen atoms in total. The van der Waals surface area contributed by atoms with Crippen LogP contribution in [0.4, 0.5) is 0 Å². The lowest BCUT2D eigenvalue weighted by Gasteiger charge is -2.17. The second-order valence-electron chi connectivity index (χ2n) is 4.62. The van der Waals surface area contributed by atoms with Gasteiger partial charge in [-0.15, -0.1) is 11.3 Å². The number of rotatable bonds is 3. The van der Waals surface area contributed by atoms with Crippen LogP contribution >= 0.6 is 11.3 Å². The van der Waals surface area contributed by atoms with Gasteiger partial charge in [-0.25, -0.2) is 5.43 Å². The monoisotopic (exact) mass is 272 g/mol. The Morgan fingerprint density at radius 1 is 1.37 bits per heavy atom. The van der Waals surface area contributed by atoms with Gasteiger partial charge in [0, 0.05) is 11.7 Å². The second kappa shape index (κ2) is 4.77. The lowest BCUT2D eigenvalue weighted by molar-refractivity contribution is 0.577. The molecule has 3 rings (SSSR count). The highest BCUT2D eigenvalue weighted by atomic mass is 32.1. The lowest BCUT2D eigenvalue weighted by atomic mass is 10.0. The molecular formula is C14H16N4S. The first-order chi connectivity index (χ1) is 9.20. The molecule has 0 aliphatic heterocycles. The minimum absolute atomic E-state index is 0.0476. The molecule has 19 heavy (non-hydrogen) atoms. The molecule has 98 valence electrons. The number of nitrogens with two attached hydrogens (primary N) is 1. The summed E-state index contributed by atoms with van der Waals surface area (Å²) in [5.74, 6) is 5.79. The number of hydrogen-bond acceptors (Lipinski definition) is 4. The van der Waals surface area contributed by atoms with Crippen molar-refractivity contribution in [2.75, 3.05) is 0 Å². The number of thiophene rings is 1. The van der Waals surface area contributed by atoms with Crippen LogP contribution in [-0.2, 0) is 7.05 Å².